The van der Waals surface area contributed by atoms with Crippen LogP contribution in [0.25, 0.3) is 0 Å². The number of piperidine rings is 1. The van der Waals surface area contributed by atoms with Gasteiger partial charge in [0.05, 0.1) is 12.7 Å². The standard InChI is InChI=1S/C42H54F2N8O8/c1-23-8-10-31(11-9-23)47-41(59)48-32(15-27-13-28(43)16-29(44)14-27)36(54)49-35-26(4)60-22-42(21-53)18-24(2)19-52(42)38(56)25(3)46-37(55)33-7-5-6-12-50(33)39(57)34-17-30(45)20-51(34)40(35)58/h8-11,13-14,16,21,24-26,30,32-35H,5-7,12,15,17-20,22,45H2,1-4H3,(H,46,55)(H,49,54)(H2,47,48,59)/t24-,25+,26+,30+,32+,33+,34+,35+,42?/m1/s1. The molecule has 0 saturated carbocycles. The van der Waals surface area contributed by atoms with Gasteiger partial charge in [0.2, 0.25) is 29.5 Å². The van der Waals surface area contributed by atoms with E-state index in [0.717, 1.165) is 17.7 Å². The second kappa shape index (κ2) is 18.4. The van der Waals surface area contributed by atoms with Crippen LogP contribution in [0.3, 0.4) is 0 Å². The third-order valence-corrected chi connectivity index (χ3v) is 11.9. The first-order valence-corrected chi connectivity index (χ1v) is 20.4. The number of nitrogens with zero attached hydrogens (tertiary/aromatic N) is 3. The summed E-state index contributed by atoms with van der Waals surface area (Å²) in [4.78, 5) is 102. The van der Waals surface area contributed by atoms with E-state index in [2.05, 4.69) is 21.3 Å². The van der Waals surface area contributed by atoms with Crippen LogP contribution >= 0.6 is 0 Å². The Balaban J connectivity index is 1.37. The van der Waals surface area contributed by atoms with Crippen LogP contribution in [0, 0.1) is 24.5 Å². The van der Waals surface area contributed by atoms with E-state index in [1.165, 1.54) is 28.5 Å². The number of aryl methyl sites for hydroxylation is 1. The number of hydrogen-bond donors (Lipinski definition) is 5. The highest BCUT2D eigenvalue weighted by Crippen LogP contribution is 2.34. The summed E-state index contributed by atoms with van der Waals surface area (Å²) in [5, 5.41) is 10.6. The molecule has 0 bridgehead atoms. The van der Waals surface area contributed by atoms with Gasteiger partial charge >= 0.3 is 6.03 Å². The number of anilines is 1. The van der Waals surface area contributed by atoms with Crippen molar-refractivity contribution in [2.75, 3.05) is 31.6 Å². The fourth-order valence-corrected chi connectivity index (χ4v) is 8.79. The van der Waals surface area contributed by atoms with Crippen LogP contribution in [0.2, 0.25) is 0 Å². The summed E-state index contributed by atoms with van der Waals surface area (Å²) in [5.74, 6) is -5.27. The number of carbonyl (C=O) groups excluding carboxylic acids is 7. The third-order valence-electron chi connectivity index (χ3n) is 11.9. The van der Waals surface area contributed by atoms with Crippen LogP contribution in [0.5, 0.6) is 0 Å². The molecular formula is C42H54F2N8O8. The fourth-order valence-electron chi connectivity index (χ4n) is 8.79. The molecule has 0 aliphatic carbocycles. The fraction of sp³-hybridized carbons (Fsp3) is 0.548. The van der Waals surface area contributed by atoms with Gasteiger partial charge in [0.1, 0.15) is 53.7 Å². The van der Waals surface area contributed by atoms with Crippen molar-refractivity contribution in [3.8, 4) is 0 Å². The Morgan fingerprint density at radius 3 is 2.35 bits per heavy atom. The maximum Gasteiger partial charge on any atom is 0.319 e. The molecule has 4 saturated heterocycles. The number of amides is 7. The van der Waals surface area contributed by atoms with Crippen molar-refractivity contribution >= 4 is 47.5 Å². The van der Waals surface area contributed by atoms with Gasteiger partial charge in [-0.3, -0.25) is 24.0 Å². The Bertz CT molecular complexity index is 1970. The highest BCUT2D eigenvalue weighted by atomic mass is 19.1. The molecule has 324 valence electrons. The first-order valence-electron chi connectivity index (χ1n) is 20.4. The summed E-state index contributed by atoms with van der Waals surface area (Å²) in [6.07, 6.45) is 0.794. The molecule has 0 radical (unpaired) electrons. The van der Waals surface area contributed by atoms with Crippen molar-refractivity contribution in [1.29, 1.82) is 0 Å². The van der Waals surface area contributed by atoms with Gasteiger partial charge in [-0.05, 0) is 88.6 Å². The molecule has 16 nitrogen and oxygen atoms in total. The minimum Gasteiger partial charge on any atom is -0.373 e. The molecule has 9 atom stereocenters. The zero-order chi connectivity index (χ0) is 43.5. The maximum absolute atomic E-state index is 14.9. The molecule has 60 heavy (non-hydrogen) atoms. The van der Waals surface area contributed by atoms with Crippen LogP contribution in [-0.4, -0.2) is 131 Å². The number of ether oxygens (including phenoxy) is 1. The van der Waals surface area contributed by atoms with Gasteiger partial charge in [0.15, 0.2) is 0 Å². The zero-order valence-corrected chi connectivity index (χ0v) is 34.2. The average molecular weight is 837 g/mol. The lowest BCUT2D eigenvalue weighted by atomic mass is 9.94. The Labute approximate surface area is 347 Å². The SMILES string of the molecule is Cc1ccc(NC(=O)N[C@@H](Cc2cc(F)cc(F)c2)C(=O)N[C@@H]2C(=O)N3C[C@@H](N)C[C@H]3C(=O)N3CCCC[C@H]3C(=O)N[C@@H](C)C(=O)N3C[C@H](C)CC3(C=O)CO[C@H]2C)cc1. The van der Waals surface area contributed by atoms with Gasteiger partial charge in [0.25, 0.3) is 0 Å². The molecule has 0 spiro atoms. The number of aldehydes is 1. The lowest BCUT2D eigenvalue weighted by Crippen LogP contribution is -2.64. The number of halogens is 2. The molecule has 6 rings (SSSR count). The van der Waals surface area contributed by atoms with Crippen molar-refractivity contribution in [2.24, 2.45) is 11.7 Å². The predicted octanol–water partition coefficient (Wildman–Crippen LogP) is 1.53. The summed E-state index contributed by atoms with van der Waals surface area (Å²) in [6.45, 7) is 6.64. The topological polar surface area (TPSA) is 213 Å². The van der Waals surface area contributed by atoms with Crippen molar-refractivity contribution in [3.63, 3.8) is 0 Å². The first-order chi connectivity index (χ1) is 28.5. The maximum atomic E-state index is 14.9. The average Bonchev–Trinajstić information content (AvgIpc) is 3.77. The normalized spacial score (nSPS) is 29.5. The smallest absolute Gasteiger partial charge is 0.319 e. The number of nitrogens with one attached hydrogen (secondary N) is 4. The largest absolute Gasteiger partial charge is 0.373 e. The molecule has 4 heterocycles. The summed E-state index contributed by atoms with van der Waals surface area (Å²) >= 11 is 0. The number of carbonyl (C=O) groups is 7. The van der Waals surface area contributed by atoms with Crippen molar-refractivity contribution < 1.29 is 47.1 Å². The van der Waals surface area contributed by atoms with E-state index in [-0.39, 0.29) is 44.0 Å². The summed E-state index contributed by atoms with van der Waals surface area (Å²) in [7, 11) is 0. The van der Waals surface area contributed by atoms with Crippen molar-refractivity contribution in [1.82, 2.24) is 30.7 Å². The second-order valence-electron chi connectivity index (χ2n) is 16.8. The molecule has 2 aromatic carbocycles. The molecular weight excluding hydrogens is 783 g/mol. The minimum absolute atomic E-state index is 0.0236. The molecule has 6 N–H and O–H groups in total. The van der Waals surface area contributed by atoms with Crippen LogP contribution in [0.4, 0.5) is 19.3 Å². The molecule has 18 heteroatoms. The highest BCUT2D eigenvalue weighted by molar-refractivity contribution is 5.98. The molecule has 4 aliphatic heterocycles. The summed E-state index contributed by atoms with van der Waals surface area (Å²) in [5.41, 5.74) is 6.25. The summed E-state index contributed by atoms with van der Waals surface area (Å²) < 4.78 is 35.0. The van der Waals surface area contributed by atoms with E-state index in [0.29, 0.717) is 37.3 Å². The Morgan fingerprint density at radius 2 is 1.67 bits per heavy atom. The van der Waals surface area contributed by atoms with Crippen LogP contribution in [0.15, 0.2) is 42.5 Å². The Hall–Kier alpha value is -5.49. The zero-order valence-electron chi connectivity index (χ0n) is 34.2. The number of fused-ring (bicyclic) bond motifs is 3. The van der Waals surface area contributed by atoms with Crippen LogP contribution in [0.1, 0.15) is 64.0 Å². The van der Waals surface area contributed by atoms with Gasteiger partial charge in [-0.1, -0.05) is 24.6 Å². The van der Waals surface area contributed by atoms with E-state index in [1.807, 2.05) is 13.8 Å². The van der Waals surface area contributed by atoms with Gasteiger partial charge in [0, 0.05) is 43.9 Å². The highest BCUT2D eigenvalue weighted by Gasteiger charge is 2.51. The first kappa shape index (κ1) is 44.1. The third kappa shape index (κ3) is 9.75. The number of rotatable bonds is 7. The van der Waals surface area contributed by atoms with E-state index in [9.17, 15) is 42.3 Å². The van der Waals surface area contributed by atoms with Gasteiger partial charge < -0.3 is 51.2 Å². The molecule has 0 aromatic heterocycles. The molecule has 7 amide bonds. The Morgan fingerprint density at radius 1 is 0.967 bits per heavy atom. The Kier molecular flexibility index (Phi) is 13.5. The molecule has 4 fully saturated rings. The minimum atomic E-state index is -1.58. The molecule has 4 aliphatic rings. The van der Waals surface area contributed by atoms with E-state index in [4.69, 9.17) is 10.5 Å². The van der Waals surface area contributed by atoms with E-state index in [1.54, 1.807) is 24.3 Å². The van der Waals surface area contributed by atoms with Crippen molar-refractivity contribution in [3.05, 3.63) is 65.2 Å². The monoisotopic (exact) mass is 836 g/mol. The van der Waals surface area contributed by atoms with Crippen LogP contribution in [-0.2, 0) is 39.9 Å². The van der Waals surface area contributed by atoms with Crippen molar-refractivity contribution in [2.45, 2.75) is 114 Å². The number of benzene rings is 2. The summed E-state index contributed by atoms with van der Waals surface area (Å²) in [6, 6.07) is 1.79. The molecule has 1 unspecified atom stereocenters. The predicted molar refractivity (Wildman–Crippen MR) is 214 cm³/mol. The number of nitrogens with two attached hydrogens (primary N) is 1. The van der Waals surface area contributed by atoms with Gasteiger partial charge in [-0.25, -0.2) is 13.6 Å². The van der Waals surface area contributed by atoms with E-state index >= 15 is 0 Å². The lowest BCUT2D eigenvalue weighted by molar-refractivity contribution is -0.155. The van der Waals surface area contributed by atoms with Crippen LogP contribution < -0.4 is 27.0 Å². The number of hydrogen-bond acceptors (Lipinski definition) is 9. The number of urea groups is 1. The van der Waals surface area contributed by atoms with Gasteiger partial charge in [-0.2, -0.15) is 0 Å². The lowest BCUT2D eigenvalue weighted by Gasteiger charge is -2.41. The second-order valence-corrected chi connectivity index (χ2v) is 16.8. The quantitative estimate of drug-likeness (QED) is 0.256. The van der Waals surface area contributed by atoms with E-state index < -0.39 is 108 Å². The molecule has 2 aromatic rings. The van der Waals surface area contributed by atoms with Gasteiger partial charge in [-0.15, -0.1) is 0 Å².